The Morgan fingerprint density at radius 3 is 2.58 bits per heavy atom. The van der Waals surface area contributed by atoms with Gasteiger partial charge in [-0.3, -0.25) is 4.99 Å². The van der Waals surface area contributed by atoms with Gasteiger partial charge in [0, 0.05) is 32.2 Å². The third kappa shape index (κ3) is 4.37. The topological polar surface area (TPSA) is 44.9 Å². The van der Waals surface area contributed by atoms with Crippen molar-refractivity contribution in [3.63, 3.8) is 0 Å². The molecule has 2 aliphatic heterocycles. The Balaban J connectivity index is 1.79. The van der Waals surface area contributed by atoms with E-state index < -0.39 is 0 Å². The summed E-state index contributed by atoms with van der Waals surface area (Å²) in [7, 11) is 0. The molecule has 19 heavy (non-hydrogen) atoms. The van der Waals surface area contributed by atoms with E-state index in [2.05, 4.69) is 28.6 Å². The Kier molecular flexibility index (Phi) is 5.49. The summed E-state index contributed by atoms with van der Waals surface area (Å²) in [5, 5.41) is 0. The molecule has 2 heterocycles. The zero-order valence-corrected chi connectivity index (χ0v) is 12.6. The molecular formula is C15H30N4. The number of hydrogen-bond donors (Lipinski definition) is 1. The van der Waals surface area contributed by atoms with Crippen molar-refractivity contribution < 1.29 is 0 Å². The van der Waals surface area contributed by atoms with E-state index in [0.29, 0.717) is 12.0 Å². The predicted octanol–water partition coefficient (Wildman–Crippen LogP) is 1.91. The molecule has 0 bridgehead atoms. The Labute approximate surface area is 118 Å². The van der Waals surface area contributed by atoms with Gasteiger partial charge in [-0.1, -0.05) is 0 Å². The average Bonchev–Trinajstić information content (AvgIpc) is 2.46. The van der Waals surface area contributed by atoms with E-state index in [-0.39, 0.29) is 0 Å². The molecule has 2 N–H and O–H groups in total. The van der Waals surface area contributed by atoms with Gasteiger partial charge in [0.05, 0.1) is 0 Å². The molecule has 4 heteroatoms. The second-order valence-corrected chi connectivity index (χ2v) is 6.34. The highest BCUT2D eigenvalue weighted by atomic mass is 15.3. The van der Waals surface area contributed by atoms with Crippen molar-refractivity contribution in [1.82, 2.24) is 9.80 Å². The highest BCUT2D eigenvalue weighted by Crippen LogP contribution is 2.18. The van der Waals surface area contributed by atoms with Crippen LogP contribution in [0.1, 0.15) is 46.0 Å². The summed E-state index contributed by atoms with van der Waals surface area (Å²) in [4.78, 5) is 9.49. The molecule has 1 atom stereocenters. The van der Waals surface area contributed by atoms with Gasteiger partial charge in [-0.25, -0.2) is 0 Å². The maximum Gasteiger partial charge on any atom is 0.191 e. The molecule has 0 spiro atoms. The predicted molar refractivity (Wildman–Crippen MR) is 81.3 cm³/mol. The highest BCUT2D eigenvalue weighted by molar-refractivity contribution is 5.78. The lowest BCUT2D eigenvalue weighted by molar-refractivity contribution is 0.143. The van der Waals surface area contributed by atoms with Crippen molar-refractivity contribution in [1.29, 1.82) is 0 Å². The maximum absolute atomic E-state index is 6.12. The molecule has 1 unspecified atom stereocenters. The van der Waals surface area contributed by atoms with Crippen molar-refractivity contribution in [2.45, 2.75) is 52.0 Å². The first-order valence-corrected chi connectivity index (χ1v) is 7.95. The largest absolute Gasteiger partial charge is 0.370 e. The smallest absolute Gasteiger partial charge is 0.191 e. The van der Waals surface area contributed by atoms with Crippen molar-refractivity contribution >= 4 is 5.96 Å². The fraction of sp³-hybridized carbons (Fsp3) is 0.933. The summed E-state index contributed by atoms with van der Waals surface area (Å²) in [6.07, 6.45) is 6.49. The van der Waals surface area contributed by atoms with Crippen LogP contribution in [0.2, 0.25) is 0 Å². The van der Waals surface area contributed by atoms with Crippen LogP contribution in [0, 0.1) is 5.92 Å². The summed E-state index contributed by atoms with van der Waals surface area (Å²) in [5.41, 5.74) is 6.12. The molecule has 110 valence electrons. The van der Waals surface area contributed by atoms with Gasteiger partial charge in [0.25, 0.3) is 0 Å². The van der Waals surface area contributed by atoms with Crippen LogP contribution < -0.4 is 5.73 Å². The Morgan fingerprint density at radius 1 is 1.16 bits per heavy atom. The summed E-state index contributed by atoms with van der Waals surface area (Å²) < 4.78 is 0. The van der Waals surface area contributed by atoms with Crippen LogP contribution in [-0.2, 0) is 0 Å². The van der Waals surface area contributed by atoms with E-state index in [1.54, 1.807) is 0 Å². The molecule has 2 rings (SSSR count). The van der Waals surface area contributed by atoms with Gasteiger partial charge in [-0.15, -0.1) is 0 Å². The Bertz CT molecular complexity index is 295. The number of rotatable bonds is 3. The van der Waals surface area contributed by atoms with Crippen molar-refractivity contribution in [2.75, 3.05) is 32.7 Å². The van der Waals surface area contributed by atoms with Gasteiger partial charge in [0.1, 0.15) is 0 Å². The molecule has 2 saturated heterocycles. The monoisotopic (exact) mass is 266 g/mol. The number of nitrogens with two attached hydrogens (primary N) is 1. The number of hydrogen-bond acceptors (Lipinski definition) is 2. The molecule has 0 saturated carbocycles. The number of aliphatic imine (C=N–C) groups is 1. The zero-order chi connectivity index (χ0) is 13.7. The van der Waals surface area contributed by atoms with Crippen LogP contribution in [0.3, 0.4) is 0 Å². The van der Waals surface area contributed by atoms with Crippen molar-refractivity contribution in [3.05, 3.63) is 0 Å². The number of piperidine rings is 2. The first-order valence-electron chi connectivity index (χ1n) is 7.95. The maximum atomic E-state index is 6.12. The minimum absolute atomic E-state index is 0.659. The van der Waals surface area contributed by atoms with Gasteiger partial charge in [0.2, 0.25) is 0 Å². The molecule has 4 nitrogen and oxygen atoms in total. The fourth-order valence-electron chi connectivity index (χ4n) is 3.16. The average molecular weight is 266 g/mol. The Morgan fingerprint density at radius 2 is 1.89 bits per heavy atom. The third-order valence-electron chi connectivity index (χ3n) is 4.47. The van der Waals surface area contributed by atoms with Gasteiger partial charge in [-0.05, 0) is 58.4 Å². The molecule has 0 aliphatic carbocycles. The van der Waals surface area contributed by atoms with Crippen molar-refractivity contribution in [2.24, 2.45) is 16.6 Å². The molecule has 2 aliphatic rings. The van der Waals surface area contributed by atoms with E-state index in [1.807, 2.05) is 0 Å². The third-order valence-corrected chi connectivity index (χ3v) is 4.47. The van der Waals surface area contributed by atoms with Crippen LogP contribution in [0.25, 0.3) is 0 Å². The second kappa shape index (κ2) is 7.13. The van der Waals surface area contributed by atoms with Crippen LogP contribution in [0.5, 0.6) is 0 Å². The van der Waals surface area contributed by atoms with E-state index in [0.717, 1.165) is 25.6 Å². The zero-order valence-electron chi connectivity index (χ0n) is 12.6. The minimum Gasteiger partial charge on any atom is -0.370 e. The molecule has 0 aromatic heterocycles. The van der Waals surface area contributed by atoms with E-state index in [9.17, 15) is 0 Å². The van der Waals surface area contributed by atoms with Crippen LogP contribution in [-0.4, -0.2) is 54.5 Å². The first-order chi connectivity index (χ1) is 9.16. The van der Waals surface area contributed by atoms with Crippen molar-refractivity contribution in [3.8, 4) is 0 Å². The van der Waals surface area contributed by atoms with E-state index >= 15 is 0 Å². The number of likely N-dealkylation sites (tertiary alicyclic amines) is 2. The summed E-state index contributed by atoms with van der Waals surface area (Å²) in [6.45, 7) is 10.1. The van der Waals surface area contributed by atoms with E-state index in [1.165, 1.54) is 45.2 Å². The molecule has 0 amide bonds. The van der Waals surface area contributed by atoms with Gasteiger partial charge in [0.15, 0.2) is 5.96 Å². The fourth-order valence-corrected chi connectivity index (χ4v) is 3.16. The lowest BCUT2D eigenvalue weighted by Gasteiger charge is -2.35. The van der Waals surface area contributed by atoms with Gasteiger partial charge < -0.3 is 15.5 Å². The van der Waals surface area contributed by atoms with Crippen LogP contribution in [0.15, 0.2) is 4.99 Å². The highest BCUT2D eigenvalue weighted by Gasteiger charge is 2.21. The normalized spacial score (nSPS) is 27.0. The van der Waals surface area contributed by atoms with Crippen LogP contribution in [0.4, 0.5) is 0 Å². The molecule has 0 radical (unpaired) electrons. The van der Waals surface area contributed by atoms with Gasteiger partial charge in [-0.2, -0.15) is 0 Å². The SMILES string of the molecule is CC(C)N1CCCC(CN=C(N)N2CCCCC2)C1. The summed E-state index contributed by atoms with van der Waals surface area (Å²) in [6, 6.07) is 0.659. The standard InChI is InChI=1S/C15H30N4/c1-13(2)19-10-6-7-14(12-19)11-17-15(16)18-8-4-3-5-9-18/h13-14H,3-12H2,1-2H3,(H2,16,17). The molecule has 0 aromatic rings. The molecular weight excluding hydrogens is 236 g/mol. The summed E-state index contributed by atoms with van der Waals surface area (Å²) >= 11 is 0. The van der Waals surface area contributed by atoms with E-state index in [4.69, 9.17) is 5.73 Å². The Hall–Kier alpha value is -0.770. The number of guanidine groups is 1. The van der Waals surface area contributed by atoms with Gasteiger partial charge >= 0.3 is 0 Å². The quantitative estimate of drug-likeness (QED) is 0.627. The minimum atomic E-state index is 0.659. The number of nitrogens with zero attached hydrogens (tertiary/aromatic N) is 3. The second-order valence-electron chi connectivity index (χ2n) is 6.34. The lowest BCUT2D eigenvalue weighted by Crippen LogP contribution is -2.43. The molecule has 2 fully saturated rings. The lowest BCUT2D eigenvalue weighted by atomic mass is 9.97. The summed E-state index contributed by atoms with van der Waals surface area (Å²) in [5.74, 6) is 1.47. The first kappa shape index (κ1) is 14.6. The molecule has 0 aromatic carbocycles. The van der Waals surface area contributed by atoms with Crippen LogP contribution >= 0.6 is 0 Å².